The molecule has 11 aromatic rings. The van der Waals surface area contributed by atoms with Crippen LogP contribution in [0.2, 0.25) is 0 Å². The fourth-order valence-corrected chi connectivity index (χ4v) is 10.4. The SMILES string of the molecule is c1ccc(-c2nc(-c3ccccc3-c3ccc4c(c3)Oc3c(ccc5c3-c3ccccc3C5(c3ccccc3)c3ccccc3)O4)nc(-c3ccc(-c4ccccc4)c4ccccc34)n2)cc1. The minimum atomic E-state index is -0.563. The predicted molar refractivity (Wildman–Crippen MR) is 268 cm³/mol. The third-order valence-electron chi connectivity index (χ3n) is 13.3. The van der Waals surface area contributed by atoms with Crippen LogP contribution in [-0.4, -0.2) is 15.0 Å². The second-order valence-electron chi connectivity index (χ2n) is 17.0. The van der Waals surface area contributed by atoms with Crippen molar-refractivity contribution in [3.05, 3.63) is 259 Å². The van der Waals surface area contributed by atoms with E-state index in [-0.39, 0.29) is 0 Å². The topological polar surface area (TPSA) is 57.1 Å². The normalized spacial score (nSPS) is 12.8. The number of ether oxygens (including phenoxy) is 2. The zero-order chi connectivity index (χ0) is 44.3. The first-order valence-corrected chi connectivity index (χ1v) is 22.6. The van der Waals surface area contributed by atoms with E-state index in [0.29, 0.717) is 40.5 Å². The van der Waals surface area contributed by atoms with E-state index in [1.807, 2.05) is 48.5 Å². The Morgan fingerprint density at radius 3 is 1.52 bits per heavy atom. The summed E-state index contributed by atoms with van der Waals surface area (Å²) in [5.74, 6) is 4.44. The van der Waals surface area contributed by atoms with Gasteiger partial charge in [0.1, 0.15) is 0 Å². The molecule has 2 heterocycles. The average Bonchev–Trinajstić information content (AvgIpc) is 3.72. The fourth-order valence-electron chi connectivity index (χ4n) is 10.4. The van der Waals surface area contributed by atoms with Gasteiger partial charge in [0, 0.05) is 22.3 Å². The van der Waals surface area contributed by atoms with Crippen LogP contribution in [0.1, 0.15) is 22.3 Å². The van der Waals surface area contributed by atoms with E-state index in [1.165, 1.54) is 16.7 Å². The van der Waals surface area contributed by atoms with Gasteiger partial charge >= 0.3 is 0 Å². The first kappa shape index (κ1) is 38.5. The Kier molecular flexibility index (Phi) is 9.00. The second kappa shape index (κ2) is 15.7. The lowest BCUT2D eigenvalue weighted by Gasteiger charge is -2.34. The van der Waals surface area contributed by atoms with E-state index in [0.717, 1.165) is 66.4 Å². The third kappa shape index (κ3) is 6.20. The van der Waals surface area contributed by atoms with E-state index in [9.17, 15) is 0 Å². The van der Waals surface area contributed by atoms with Crippen LogP contribution in [-0.2, 0) is 5.41 Å². The molecule has 0 saturated heterocycles. The summed E-state index contributed by atoms with van der Waals surface area (Å²) in [7, 11) is 0. The van der Waals surface area contributed by atoms with Crippen LogP contribution in [0.4, 0.5) is 0 Å². The van der Waals surface area contributed by atoms with E-state index in [2.05, 4.69) is 188 Å². The molecule has 1 aromatic heterocycles. The van der Waals surface area contributed by atoms with Crippen molar-refractivity contribution in [2.45, 2.75) is 5.41 Å². The van der Waals surface area contributed by atoms with Gasteiger partial charge in [0.05, 0.1) is 5.41 Å². The molecule has 5 nitrogen and oxygen atoms in total. The maximum Gasteiger partial charge on any atom is 0.178 e. The molecule has 0 N–H and O–H groups in total. The van der Waals surface area contributed by atoms with Crippen LogP contribution in [0.15, 0.2) is 237 Å². The fraction of sp³-hybridized carbons (Fsp3) is 0.0161. The van der Waals surface area contributed by atoms with Crippen molar-refractivity contribution in [3.63, 3.8) is 0 Å². The minimum Gasteiger partial charge on any atom is -0.449 e. The van der Waals surface area contributed by atoms with Gasteiger partial charge in [-0.25, -0.2) is 15.0 Å². The van der Waals surface area contributed by atoms with Gasteiger partial charge in [0.2, 0.25) is 0 Å². The summed E-state index contributed by atoms with van der Waals surface area (Å²) in [5, 5.41) is 2.20. The summed E-state index contributed by atoms with van der Waals surface area (Å²) in [5.41, 5.74) is 13.3. The average molecular weight is 858 g/mol. The van der Waals surface area contributed by atoms with E-state index >= 15 is 0 Å². The molecular weight excluding hydrogens is 819 g/mol. The molecule has 67 heavy (non-hydrogen) atoms. The summed E-state index contributed by atoms with van der Waals surface area (Å²) in [6, 6.07) is 82.5. The summed E-state index contributed by atoms with van der Waals surface area (Å²) in [6.07, 6.45) is 0. The highest BCUT2D eigenvalue weighted by Crippen LogP contribution is 2.62. The molecule has 2 aliphatic rings. The highest BCUT2D eigenvalue weighted by atomic mass is 16.6. The van der Waals surface area contributed by atoms with E-state index < -0.39 is 5.41 Å². The molecule has 0 spiro atoms. The van der Waals surface area contributed by atoms with Gasteiger partial charge in [-0.15, -0.1) is 0 Å². The number of hydrogen-bond donors (Lipinski definition) is 0. The Morgan fingerprint density at radius 1 is 0.299 bits per heavy atom. The molecule has 13 rings (SSSR count). The van der Waals surface area contributed by atoms with Crippen LogP contribution in [0.25, 0.3) is 78.3 Å². The van der Waals surface area contributed by atoms with Gasteiger partial charge in [0.15, 0.2) is 40.5 Å². The zero-order valence-corrected chi connectivity index (χ0v) is 36.2. The molecule has 0 fully saturated rings. The number of benzene rings is 10. The zero-order valence-electron chi connectivity index (χ0n) is 36.2. The Hall–Kier alpha value is -8.93. The lowest BCUT2D eigenvalue weighted by atomic mass is 9.68. The summed E-state index contributed by atoms with van der Waals surface area (Å²) in [4.78, 5) is 15.7. The van der Waals surface area contributed by atoms with E-state index in [4.69, 9.17) is 24.4 Å². The van der Waals surface area contributed by atoms with Crippen LogP contribution in [0.5, 0.6) is 23.0 Å². The Labute approximate surface area is 388 Å². The van der Waals surface area contributed by atoms with Crippen molar-refractivity contribution in [2.75, 3.05) is 0 Å². The van der Waals surface area contributed by atoms with Crippen LogP contribution >= 0.6 is 0 Å². The standard InChI is InChI=1S/C62H39N3O2/c1-5-19-40(20-6-1)46-34-35-50(48-29-15-14-28-47(46)48)61-64-59(41-21-7-2-8-22-41)63-60(65-61)49-30-16-13-27-45(49)42-33-37-54-56(39-42)67-58-55(66-54)38-36-53-57(58)51-31-17-18-32-52(51)62(53,43-23-9-3-10-24-43)44-25-11-4-12-26-44/h1-39H. The highest BCUT2D eigenvalue weighted by Gasteiger charge is 2.48. The van der Waals surface area contributed by atoms with Gasteiger partial charge in [-0.3, -0.25) is 0 Å². The summed E-state index contributed by atoms with van der Waals surface area (Å²) >= 11 is 0. The van der Waals surface area contributed by atoms with Crippen molar-refractivity contribution in [1.29, 1.82) is 0 Å². The van der Waals surface area contributed by atoms with Crippen molar-refractivity contribution < 1.29 is 9.47 Å². The molecule has 0 amide bonds. The molecule has 10 aromatic carbocycles. The monoisotopic (exact) mass is 857 g/mol. The molecule has 0 bridgehead atoms. The Bertz CT molecular complexity index is 3650. The number of hydrogen-bond acceptors (Lipinski definition) is 5. The van der Waals surface area contributed by atoms with E-state index in [1.54, 1.807) is 0 Å². The lowest BCUT2D eigenvalue weighted by molar-refractivity contribution is 0.360. The van der Waals surface area contributed by atoms with Crippen molar-refractivity contribution in [3.8, 4) is 90.5 Å². The quantitative estimate of drug-likeness (QED) is 0.160. The molecule has 0 radical (unpaired) electrons. The largest absolute Gasteiger partial charge is 0.449 e. The first-order chi connectivity index (χ1) is 33.2. The van der Waals surface area contributed by atoms with Crippen LogP contribution < -0.4 is 9.47 Å². The molecular formula is C62H39N3O2. The van der Waals surface area contributed by atoms with Crippen LogP contribution in [0, 0.1) is 0 Å². The molecule has 314 valence electrons. The van der Waals surface area contributed by atoms with Gasteiger partial charge in [-0.1, -0.05) is 212 Å². The van der Waals surface area contributed by atoms with Crippen LogP contribution in [0.3, 0.4) is 0 Å². The molecule has 1 aliphatic heterocycles. The Morgan fingerprint density at radius 2 is 0.821 bits per heavy atom. The summed E-state index contributed by atoms with van der Waals surface area (Å²) in [6.45, 7) is 0. The smallest absolute Gasteiger partial charge is 0.178 e. The molecule has 0 atom stereocenters. The Balaban J connectivity index is 0.944. The minimum absolute atomic E-state index is 0.563. The number of rotatable bonds is 7. The first-order valence-electron chi connectivity index (χ1n) is 22.6. The third-order valence-corrected chi connectivity index (χ3v) is 13.3. The predicted octanol–water partition coefficient (Wildman–Crippen LogP) is 15.6. The second-order valence-corrected chi connectivity index (χ2v) is 17.0. The molecule has 5 heteroatoms. The molecule has 1 aliphatic carbocycles. The van der Waals surface area contributed by atoms with Crippen molar-refractivity contribution in [2.24, 2.45) is 0 Å². The maximum absolute atomic E-state index is 7.12. The number of nitrogens with zero attached hydrogens (tertiary/aromatic N) is 3. The van der Waals surface area contributed by atoms with Crippen molar-refractivity contribution in [1.82, 2.24) is 15.0 Å². The van der Waals surface area contributed by atoms with Gasteiger partial charge in [-0.2, -0.15) is 0 Å². The van der Waals surface area contributed by atoms with Gasteiger partial charge in [0.25, 0.3) is 0 Å². The highest BCUT2D eigenvalue weighted by molar-refractivity contribution is 6.04. The lowest BCUT2D eigenvalue weighted by Crippen LogP contribution is -2.28. The van der Waals surface area contributed by atoms with Crippen molar-refractivity contribution >= 4 is 10.8 Å². The number of fused-ring (bicyclic) bond motifs is 7. The van der Waals surface area contributed by atoms with Gasteiger partial charge < -0.3 is 9.47 Å². The number of aromatic nitrogens is 3. The maximum atomic E-state index is 7.12. The van der Waals surface area contributed by atoms with Gasteiger partial charge in [-0.05, 0) is 85.1 Å². The molecule has 0 unspecified atom stereocenters. The summed E-state index contributed by atoms with van der Waals surface area (Å²) < 4.78 is 13.9. The molecule has 0 saturated carbocycles.